The van der Waals surface area contributed by atoms with Crippen LogP contribution in [0.2, 0.25) is 0 Å². The van der Waals surface area contributed by atoms with Crippen LogP contribution in [0.1, 0.15) is 25.0 Å². The number of aryl methyl sites for hydroxylation is 1. The maximum absolute atomic E-state index is 13.1. The van der Waals surface area contributed by atoms with Gasteiger partial charge in [-0.25, -0.2) is 4.39 Å². The van der Waals surface area contributed by atoms with Crippen LogP contribution in [-0.4, -0.2) is 29.0 Å². The second-order valence-electron chi connectivity index (χ2n) is 4.82. The van der Waals surface area contributed by atoms with Crippen LogP contribution in [0.25, 0.3) is 0 Å². The van der Waals surface area contributed by atoms with Crippen molar-refractivity contribution >= 4 is 5.84 Å². The summed E-state index contributed by atoms with van der Waals surface area (Å²) in [6, 6.07) is 4.82. The highest BCUT2D eigenvalue weighted by atomic mass is 19.1. The molecule has 0 radical (unpaired) electrons. The molecule has 0 aliphatic heterocycles. The summed E-state index contributed by atoms with van der Waals surface area (Å²) in [6.45, 7) is 8.14. The van der Waals surface area contributed by atoms with Crippen molar-refractivity contribution in [3.8, 4) is 0 Å². The second-order valence-corrected chi connectivity index (χ2v) is 4.82. The molecule has 0 spiro atoms. The van der Waals surface area contributed by atoms with Crippen molar-refractivity contribution in [3.05, 3.63) is 35.1 Å². The van der Waals surface area contributed by atoms with Crippen LogP contribution < -0.4 is 5.73 Å². The predicted octanol–water partition coefficient (Wildman–Crippen LogP) is 2.34. The molecule has 1 aromatic rings. The minimum absolute atomic E-state index is 0.0225. The molecule has 1 rings (SSSR count). The highest BCUT2D eigenvalue weighted by Crippen LogP contribution is 2.13. The molecule has 0 aliphatic carbocycles. The summed E-state index contributed by atoms with van der Waals surface area (Å²) < 4.78 is 13.1. The van der Waals surface area contributed by atoms with Gasteiger partial charge in [-0.1, -0.05) is 25.1 Å². The number of halogens is 1. The molecule has 3 N–H and O–H groups in total. The molecule has 106 valence electrons. The van der Waals surface area contributed by atoms with Crippen LogP contribution in [-0.2, 0) is 6.54 Å². The monoisotopic (exact) mass is 267 g/mol. The molecule has 5 heteroatoms. The molecule has 0 saturated heterocycles. The Labute approximate surface area is 113 Å². The Morgan fingerprint density at radius 3 is 2.74 bits per heavy atom. The summed E-state index contributed by atoms with van der Waals surface area (Å²) in [5.41, 5.74) is 7.62. The molecule has 0 amide bonds. The summed E-state index contributed by atoms with van der Waals surface area (Å²) >= 11 is 0. The van der Waals surface area contributed by atoms with Crippen molar-refractivity contribution in [2.45, 2.75) is 27.3 Å². The fourth-order valence-electron chi connectivity index (χ4n) is 1.96. The first-order valence-corrected chi connectivity index (χ1v) is 6.42. The highest BCUT2D eigenvalue weighted by molar-refractivity contribution is 5.82. The maximum atomic E-state index is 13.1. The number of rotatable bonds is 6. The molecular weight excluding hydrogens is 245 g/mol. The van der Waals surface area contributed by atoms with Crippen LogP contribution in [0.15, 0.2) is 23.4 Å². The fraction of sp³-hybridized carbons (Fsp3) is 0.500. The smallest absolute Gasteiger partial charge is 0.143 e. The summed E-state index contributed by atoms with van der Waals surface area (Å²) in [7, 11) is 0. The van der Waals surface area contributed by atoms with Crippen molar-refractivity contribution in [2.24, 2.45) is 16.8 Å². The third-order valence-corrected chi connectivity index (χ3v) is 3.30. The Bertz CT molecular complexity index is 448. The number of nitrogens with two attached hydrogens (primary N) is 1. The standard InChI is InChI=1S/C14H22FN3O/c1-4-18(8-11(3)14(16)17-19)9-12-5-6-13(15)7-10(12)2/h5-7,11,19H,4,8-9H2,1-3H3,(H2,16,17). The van der Waals surface area contributed by atoms with E-state index in [1.165, 1.54) is 12.1 Å². The fourth-order valence-corrected chi connectivity index (χ4v) is 1.96. The molecule has 0 fully saturated rings. The van der Waals surface area contributed by atoms with Gasteiger partial charge in [0.1, 0.15) is 11.7 Å². The predicted molar refractivity (Wildman–Crippen MR) is 74.7 cm³/mol. The minimum Gasteiger partial charge on any atom is -0.409 e. The van der Waals surface area contributed by atoms with Crippen molar-refractivity contribution in [1.82, 2.24) is 4.90 Å². The van der Waals surface area contributed by atoms with Gasteiger partial charge in [0, 0.05) is 19.0 Å². The first-order chi connectivity index (χ1) is 8.97. The first kappa shape index (κ1) is 15.4. The van der Waals surface area contributed by atoms with Crippen LogP contribution >= 0.6 is 0 Å². The molecule has 1 unspecified atom stereocenters. The third-order valence-electron chi connectivity index (χ3n) is 3.30. The van der Waals surface area contributed by atoms with Gasteiger partial charge in [0.05, 0.1) is 0 Å². The quantitative estimate of drug-likeness (QED) is 0.360. The number of oxime groups is 1. The van der Waals surface area contributed by atoms with Gasteiger partial charge in [-0.15, -0.1) is 0 Å². The number of benzene rings is 1. The molecule has 19 heavy (non-hydrogen) atoms. The number of amidine groups is 1. The summed E-state index contributed by atoms with van der Waals surface area (Å²) in [5, 5.41) is 11.7. The van der Waals surface area contributed by atoms with Gasteiger partial charge in [-0.2, -0.15) is 0 Å². The molecule has 0 aromatic heterocycles. The molecular formula is C14H22FN3O. The lowest BCUT2D eigenvalue weighted by Crippen LogP contribution is -2.34. The summed E-state index contributed by atoms with van der Waals surface area (Å²) in [5.74, 6) is -0.00527. The molecule has 0 aliphatic rings. The Morgan fingerprint density at radius 1 is 1.53 bits per heavy atom. The Kier molecular flexibility index (Phi) is 5.76. The molecule has 0 bridgehead atoms. The van der Waals surface area contributed by atoms with Crippen molar-refractivity contribution in [3.63, 3.8) is 0 Å². The van der Waals surface area contributed by atoms with Crippen LogP contribution in [0.5, 0.6) is 0 Å². The lowest BCUT2D eigenvalue weighted by molar-refractivity contribution is 0.257. The molecule has 4 nitrogen and oxygen atoms in total. The van der Waals surface area contributed by atoms with Crippen LogP contribution in [0, 0.1) is 18.7 Å². The van der Waals surface area contributed by atoms with Gasteiger partial charge in [-0.3, -0.25) is 4.90 Å². The van der Waals surface area contributed by atoms with Crippen LogP contribution in [0.3, 0.4) is 0 Å². The van der Waals surface area contributed by atoms with Crippen molar-refractivity contribution < 1.29 is 9.60 Å². The van der Waals surface area contributed by atoms with E-state index in [1.54, 1.807) is 0 Å². The number of hydrogen-bond acceptors (Lipinski definition) is 3. The van der Waals surface area contributed by atoms with E-state index < -0.39 is 0 Å². The van der Waals surface area contributed by atoms with Crippen LogP contribution in [0.4, 0.5) is 4.39 Å². The number of nitrogens with zero attached hydrogens (tertiary/aromatic N) is 2. The van der Waals surface area contributed by atoms with E-state index in [0.717, 1.165) is 24.2 Å². The van der Waals surface area contributed by atoms with Gasteiger partial charge in [-0.05, 0) is 36.7 Å². The molecule has 1 aromatic carbocycles. The first-order valence-electron chi connectivity index (χ1n) is 6.42. The Morgan fingerprint density at radius 2 is 2.21 bits per heavy atom. The van der Waals surface area contributed by atoms with E-state index in [2.05, 4.69) is 17.0 Å². The zero-order valence-electron chi connectivity index (χ0n) is 11.7. The SMILES string of the molecule is CCN(Cc1ccc(F)cc1C)CC(C)/C(N)=N/O. The minimum atomic E-state index is -0.214. The average Bonchev–Trinajstić information content (AvgIpc) is 2.39. The third kappa shape index (κ3) is 4.52. The molecule has 1 atom stereocenters. The maximum Gasteiger partial charge on any atom is 0.143 e. The number of hydrogen-bond donors (Lipinski definition) is 2. The van der Waals surface area contributed by atoms with Gasteiger partial charge in [0.25, 0.3) is 0 Å². The summed E-state index contributed by atoms with van der Waals surface area (Å²) in [6.07, 6.45) is 0. The van der Waals surface area contributed by atoms with Crippen molar-refractivity contribution in [1.29, 1.82) is 0 Å². The normalized spacial score (nSPS) is 13.8. The van der Waals surface area contributed by atoms with E-state index in [0.29, 0.717) is 6.54 Å². The van der Waals surface area contributed by atoms with E-state index in [9.17, 15) is 4.39 Å². The zero-order chi connectivity index (χ0) is 14.4. The largest absolute Gasteiger partial charge is 0.409 e. The van der Waals surface area contributed by atoms with Gasteiger partial charge in [0.15, 0.2) is 0 Å². The molecule has 0 heterocycles. The van der Waals surface area contributed by atoms with Gasteiger partial charge >= 0.3 is 0 Å². The topological polar surface area (TPSA) is 61.8 Å². The second kappa shape index (κ2) is 7.09. The van der Waals surface area contributed by atoms with Gasteiger partial charge < -0.3 is 10.9 Å². The van der Waals surface area contributed by atoms with Crippen molar-refractivity contribution in [2.75, 3.05) is 13.1 Å². The highest BCUT2D eigenvalue weighted by Gasteiger charge is 2.13. The van der Waals surface area contributed by atoms with E-state index in [-0.39, 0.29) is 17.6 Å². The van der Waals surface area contributed by atoms with E-state index in [1.807, 2.05) is 19.9 Å². The molecule has 0 saturated carbocycles. The Hall–Kier alpha value is -1.62. The average molecular weight is 267 g/mol. The Balaban J connectivity index is 2.71. The van der Waals surface area contributed by atoms with E-state index >= 15 is 0 Å². The van der Waals surface area contributed by atoms with Gasteiger partial charge in [0.2, 0.25) is 0 Å². The lowest BCUT2D eigenvalue weighted by Gasteiger charge is -2.24. The summed E-state index contributed by atoms with van der Waals surface area (Å²) in [4.78, 5) is 2.18. The lowest BCUT2D eigenvalue weighted by atomic mass is 10.1. The van der Waals surface area contributed by atoms with E-state index in [4.69, 9.17) is 10.9 Å². The zero-order valence-corrected chi connectivity index (χ0v) is 11.7.